The van der Waals surface area contributed by atoms with Crippen LogP contribution in [0.1, 0.15) is 56.8 Å². The molecule has 0 atom stereocenters. The minimum Gasteiger partial charge on any atom is -0.497 e. The summed E-state index contributed by atoms with van der Waals surface area (Å²) in [4.78, 5) is 12.0. The number of ketones is 1. The first-order chi connectivity index (χ1) is 9.04. The topological polar surface area (TPSA) is 26.3 Å². The van der Waals surface area contributed by atoms with E-state index in [1.165, 1.54) is 11.1 Å². The number of Topliss-reactive ketones (excluding diaryl/α,β-unsaturated/α-hetero) is 1. The Morgan fingerprint density at radius 2 is 1.58 bits per heavy atom. The van der Waals surface area contributed by atoms with Crippen LogP contribution in [0, 0.1) is 0 Å². The number of methoxy groups -OCH3 is 1. The van der Waals surface area contributed by atoms with Gasteiger partial charge in [-0.05, 0) is 64.3 Å². The van der Waals surface area contributed by atoms with Gasteiger partial charge in [-0.2, -0.15) is 0 Å². The number of allylic oxidation sites excluding steroid dienone is 2. The molecule has 0 radical (unpaired) electrons. The molecule has 1 aromatic rings. The SMILES string of the molecule is COc1ccc(C(=O)CCCCC(C)=C(C)C)cc1. The quantitative estimate of drug-likeness (QED) is 0.400. The number of rotatable bonds is 7. The van der Waals surface area contributed by atoms with Gasteiger partial charge in [0.05, 0.1) is 7.11 Å². The Morgan fingerprint density at radius 1 is 1.00 bits per heavy atom. The summed E-state index contributed by atoms with van der Waals surface area (Å²) in [5.74, 6) is 1.01. The van der Waals surface area contributed by atoms with E-state index in [2.05, 4.69) is 20.8 Å². The molecule has 104 valence electrons. The van der Waals surface area contributed by atoms with E-state index in [0.717, 1.165) is 30.6 Å². The number of ether oxygens (including phenoxy) is 1. The number of hydrogen-bond acceptors (Lipinski definition) is 2. The molecule has 1 rings (SSSR count). The van der Waals surface area contributed by atoms with E-state index in [1.54, 1.807) is 7.11 Å². The van der Waals surface area contributed by atoms with Crippen molar-refractivity contribution in [2.45, 2.75) is 46.5 Å². The maximum Gasteiger partial charge on any atom is 0.162 e. The predicted octanol–water partition coefficient (Wildman–Crippen LogP) is 4.79. The highest BCUT2D eigenvalue weighted by atomic mass is 16.5. The lowest BCUT2D eigenvalue weighted by atomic mass is 10.0. The normalized spacial score (nSPS) is 10.1. The lowest BCUT2D eigenvalue weighted by Crippen LogP contribution is -1.99. The van der Waals surface area contributed by atoms with Gasteiger partial charge in [-0.25, -0.2) is 0 Å². The van der Waals surface area contributed by atoms with Crippen molar-refractivity contribution in [1.82, 2.24) is 0 Å². The Morgan fingerprint density at radius 3 is 2.11 bits per heavy atom. The first-order valence-electron chi connectivity index (χ1n) is 6.84. The second-order valence-corrected chi connectivity index (χ2v) is 5.14. The number of benzene rings is 1. The van der Waals surface area contributed by atoms with Crippen LogP contribution in [0.5, 0.6) is 5.75 Å². The summed E-state index contributed by atoms with van der Waals surface area (Å²) < 4.78 is 5.08. The third kappa shape index (κ3) is 5.29. The first kappa shape index (κ1) is 15.5. The molecule has 0 aliphatic rings. The predicted molar refractivity (Wildman–Crippen MR) is 79.8 cm³/mol. The molecule has 0 amide bonds. The van der Waals surface area contributed by atoms with Crippen molar-refractivity contribution >= 4 is 5.78 Å². The summed E-state index contributed by atoms with van der Waals surface area (Å²) in [5, 5.41) is 0. The number of carbonyl (C=O) groups excluding carboxylic acids is 1. The van der Waals surface area contributed by atoms with Crippen LogP contribution < -0.4 is 4.74 Å². The smallest absolute Gasteiger partial charge is 0.162 e. The molecule has 0 bridgehead atoms. The minimum absolute atomic E-state index is 0.220. The van der Waals surface area contributed by atoms with Crippen molar-refractivity contribution in [3.05, 3.63) is 41.0 Å². The second kappa shape index (κ2) is 7.78. The monoisotopic (exact) mass is 260 g/mol. The Labute approximate surface area is 116 Å². The van der Waals surface area contributed by atoms with Crippen molar-refractivity contribution in [2.75, 3.05) is 7.11 Å². The number of hydrogen-bond donors (Lipinski definition) is 0. The maximum atomic E-state index is 12.0. The summed E-state index contributed by atoms with van der Waals surface area (Å²) >= 11 is 0. The molecule has 0 N–H and O–H groups in total. The van der Waals surface area contributed by atoms with Crippen LogP contribution >= 0.6 is 0 Å². The van der Waals surface area contributed by atoms with E-state index in [1.807, 2.05) is 24.3 Å². The van der Waals surface area contributed by atoms with Gasteiger partial charge in [0.2, 0.25) is 0 Å². The van der Waals surface area contributed by atoms with Gasteiger partial charge in [-0.1, -0.05) is 11.1 Å². The van der Waals surface area contributed by atoms with Crippen molar-refractivity contribution in [2.24, 2.45) is 0 Å². The van der Waals surface area contributed by atoms with Gasteiger partial charge < -0.3 is 4.74 Å². The lowest BCUT2D eigenvalue weighted by molar-refractivity contribution is 0.0979. The summed E-state index contributed by atoms with van der Waals surface area (Å²) in [5.41, 5.74) is 3.61. The van der Waals surface area contributed by atoms with E-state index < -0.39 is 0 Å². The molecule has 1 aromatic carbocycles. The van der Waals surface area contributed by atoms with Crippen LogP contribution in [0.2, 0.25) is 0 Å². The average molecular weight is 260 g/mol. The third-order valence-electron chi connectivity index (χ3n) is 3.47. The third-order valence-corrected chi connectivity index (χ3v) is 3.47. The molecule has 0 aliphatic heterocycles. The number of unbranched alkanes of at least 4 members (excludes halogenated alkanes) is 1. The van der Waals surface area contributed by atoms with E-state index in [0.29, 0.717) is 6.42 Å². The molecule has 0 aromatic heterocycles. The fraction of sp³-hybridized carbons (Fsp3) is 0.471. The molecule has 0 saturated carbocycles. The van der Waals surface area contributed by atoms with Gasteiger partial charge in [0, 0.05) is 12.0 Å². The highest BCUT2D eigenvalue weighted by Gasteiger charge is 2.05. The largest absolute Gasteiger partial charge is 0.497 e. The molecule has 0 unspecified atom stereocenters. The highest BCUT2D eigenvalue weighted by Crippen LogP contribution is 2.16. The van der Waals surface area contributed by atoms with Gasteiger partial charge in [0.25, 0.3) is 0 Å². The fourth-order valence-corrected chi connectivity index (χ4v) is 1.85. The van der Waals surface area contributed by atoms with Crippen LogP contribution in [-0.2, 0) is 0 Å². The molecule has 2 nitrogen and oxygen atoms in total. The van der Waals surface area contributed by atoms with Gasteiger partial charge in [0.15, 0.2) is 5.78 Å². The van der Waals surface area contributed by atoms with E-state index in [4.69, 9.17) is 4.74 Å². The fourth-order valence-electron chi connectivity index (χ4n) is 1.85. The summed E-state index contributed by atoms with van der Waals surface area (Å²) in [7, 11) is 1.63. The molecule has 0 fully saturated rings. The number of carbonyl (C=O) groups is 1. The Hall–Kier alpha value is -1.57. The zero-order chi connectivity index (χ0) is 14.3. The van der Waals surface area contributed by atoms with Crippen molar-refractivity contribution in [3.63, 3.8) is 0 Å². The van der Waals surface area contributed by atoms with Crippen LogP contribution in [0.15, 0.2) is 35.4 Å². The van der Waals surface area contributed by atoms with Crippen LogP contribution in [-0.4, -0.2) is 12.9 Å². The molecule has 0 spiro atoms. The van der Waals surface area contributed by atoms with Gasteiger partial charge >= 0.3 is 0 Å². The van der Waals surface area contributed by atoms with Gasteiger partial charge in [-0.15, -0.1) is 0 Å². The molecule has 19 heavy (non-hydrogen) atoms. The van der Waals surface area contributed by atoms with E-state index in [-0.39, 0.29) is 5.78 Å². The summed E-state index contributed by atoms with van der Waals surface area (Å²) in [6, 6.07) is 7.34. The van der Waals surface area contributed by atoms with Crippen molar-refractivity contribution < 1.29 is 9.53 Å². The molecular weight excluding hydrogens is 236 g/mol. The Kier molecular flexibility index (Phi) is 6.34. The van der Waals surface area contributed by atoms with Crippen LogP contribution in [0.25, 0.3) is 0 Å². The average Bonchev–Trinajstić information content (AvgIpc) is 2.43. The highest BCUT2D eigenvalue weighted by molar-refractivity contribution is 5.96. The molecule has 0 saturated heterocycles. The lowest BCUT2D eigenvalue weighted by Gasteiger charge is -2.05. The summed E-state index contributed by atoms with van der Waals surface area (Å²) in [6.07, 6.45) is 3.76. The zero-order valence-corrected chi connectivity index (χ0v) is 12.5. The van der Waals surface area contributed by atoms with Crippen LogP contribution in [0.4, 0.5) is 0 Å². The van der Waals surface area contributed by atoms with E-state index >= 15 is 0 Å². The van der Waals surface area contributed by atoms with Crippen molar-refractivity contribution in [3.8, 4) is 5.75 Å². The maximum absolute atomic E-state index is 12.0. The molecule has 0 heterocycles. The minimum atomic E-state index is 0.220. The van der Waals surface area contributed by atoms with Gasteiger partial charge in [-0.3, -0.25) is 4.79 Å². The molecular formula is C17H24O2. The summed E-state index contributed by atoms with van der Waals surface area (Å²) in [6.45, 7) is 6.44. The first-order valence-corrected chi connectivity index (χ1v) is 6.84. The Balaban J connectivity index is 2.37. The molecule has 0 aliphatic carbocycles. The zero-order valence-electron chi connectivity index (χ0n) is 12.5. The second-order valence-electron chi connectivity index (χ2n) is 5.14. The van der Waals surface area contributed by atoms with Crippen LogP contribution in [0.3, 0.4) is 0 Å². The Bertz CT molecular complexity index is 437. The van der Waals surface area contributed by atoms with E-state index in [9.17, 15) is 4.79 Å². The standard InChI is InChI=1S/C17H24O2/c1-13(2)14(3)7-5-6-8-17(18)15-9-11-16(19-4)12-10-15/h9-12H,5-8H2,1-4H3. The van der Waals surface area contributed by atoms with Gasteiger partial charge in [0.1, 0.15) is 5.75 Å². The van der Waals surface area contributed by atoms with Crippen molar-refractivity contribution in [1.29, 1.82) is 0 Å². The molecule has 2 heteroatoms.